The van der Waals surface area contributed by atoms with Gasteiger partial charge in [0.05, 0.1) is 17.7 Å². The molecule has 0 aliphatic heterocycles. The average Bonchev–Trinajstić information content (AvgIpc) is 2.60. The molecule has 1 aromatic carbocycles. The molecule has 15 heavy (non-hydrogen) atoms. The third-order valence-corrected chi connectivity index (χ3v) is 2.96. The van der Waals surface area contributed by atoms with Crippen LogP contribution in [0.3, 0.4) is 0 Å². The summed E-state index contributed by atoms with van der Waals surface area (Å²) in [5.41, 5.74) is 8.19. The van der Waals surface area contributed by atoms with E-state index in [-0.39, 0.29) is 6.67 Å². The van der Waals surface area contributed by atoms with Crippen molar-refractivity contribution < 1.29 is 4.39 Å². The lowest BCUT2D eigenvalue weighted by molar-refractivity contribution is 0.489. The highest BCUT2D eigenvalue weighted by atomic mass is 32.2. The smallest absolute Gasteiger partial charge is 0.166 e. The van der Waals surface area contributed by atoms with E-state index in [0.29, 0.717) is 12.1 Å². The number of H-pyrrole nitrogens is 1. The highest BCUT2D eigenvalue weighted by Crippen LogP contribution is 2.21. The van der Waals surface area contributed by atoms with Crippen molar-refractivity contribution in [2.24, 2.45) is 0 Å². The van der Waals surface area contributed by atoms with E-state index >= 15 is 0 Å². The zero-order chi connectivity index (χ0) is 10.7. The van der Waals surface area contributed by atoms with Gasteiger partial charge in [0.15, 0.2) is 5.16 Å². The first-order chi connectivity index (χ1) is 7.29. The molecule has 0 aliphatic carbocycles. The first-order valence-electron chi connectivity index (χ1n) is 4.73. The number of nitrogen functional groups attached to an aromatic ring is 1. The Morgan fingerprint density at radius 2 is 2.33 bits per heavy atom. The van der Waals surface area contributed by atoms with E-state index in [2.05, 4.69) is 9.97 Å². The number of benzene rings is 1. The van der Waals surface area contributed by atoms with Crippen molar-refractivity contribution >= 4 is 28.5 Å². The number of imidazole rings is 1. The molecule has 0 spiro atoms. The minimum Gasteiger partial charge on any atom is -0.399 e. The molecule has 0 radical (unpaired) electrons. The summed E-state index contributed by atoms with van der Waals surface area (Å²) in [5.74, 6) is 0.742. The molecule has 1 heterocycles. The second-order valence-electron chi connectivity index (χ2n) is 3.21. The number of alkyl halides is 1. The number of hydrogen-bond donors (Lipinski definition) is 2. The molecule has 80 valence electrons. The van der Waals surface area contributed by atoms with Gasteiger partial charge in [-0.1, -0.05) is 11.8 Å². The Kier molecular flexibility index (Phi) is 3.11. The van der Waals surface area contributed by atoms with Crippen LogP contribution in [0.5, 0.6) is 0 Å². The van der Waals surface area contributed by atoms with Crippen LogP contribution in [0, 0.1) is 0 Å². The van der Waals surface area contributed by atoms with Crippen LogP contribution < -0.4 is 5.73 Å². The SMILES string of the molecule is Nc1ccc2nc(SCCCF)[nH]c2c1. The maximum Gasteiger partial charge on any atom is 0.166 e. The van der Waals surface area contributed by atoms with Crippen molar-refractivity contribution in [1.82, 2.24) is 9.97 Å². The molecule has 2 aromatic rings. The molecule has 3 N–H and O–H groups in total. The predicted molar refractivity (Wildman–Crippen MR) is 61.8 cm³/mol. The Labute approximate surface area is 91.3 Å². The molecule has 0 atom stereocenters. The molecular formula is C10H12FN3S. The number of hydrogen-bond acceptors (Lipinski definition) is 3. The molecule has 0 saturated heterocycles. The van der Waals surface area contributed by atoms with Crippen LogP contribution in [0.25, 0.3) is 11.0 Å². The van der Waals surface area contributed by atoms with E-state index < -0.39 is 0 Å². The number of rotatable bonds is 4. The van der Waals surface area contributed by atoms with Gasteiger partial charge in [-0.05, 0) is 24.6 Å². The minimum absolute atomic E-state index is 0.278. The number of anilines is 1. The zero-order valence-corrected chi connectivity index (χ0v) is 8.98. The third kappa shape index (κ3) is 2.41. The van der Waals surface area contributed by atoms with Crippen LogP contribution in [0.1, 0.15) is 6.42 Å². The van der Waals surface area contributed by atoms with Crippen molar-refractivity contribution in [3.63, 3.8) is 0 Å². The van der Waals surface area contributed by atoms with Crippen LogP contribution in [-0.2, 0) is 0 Å². The fourth-order valence-corrected chi connectivity index (χ4v) is 2.09. The van der Waals surface area contributed by atoms with Gasteiger partial charge in [0.1, 0.15) is 0 Å². The van der Waals surface area contributed by atoms with E-state index in [9.17, 15) is 4.39 Å². The second-order valence-corrected chi connectivity index (χ2v) is 4.29. The fourth-order valence-electron chi connectivity index (χ4n) is 1.30. The van der Waals surface area contributed by atoms with Gasteiger partial charge in [0, 0.05) is 11.4 Å². The molecule has 0 unspecified atom stereocenters. The zero-order valence-electron chi connectivity index (χ0n) is 8.16. The lowest BCUT2D eigenvalue weighted by Gasteiger charge is -1.92. The highest BCUT2D eigenvalue weighted by molar-refractivity contribution is 7.99. The summed E-state index contributed by atoms with van der Waals surface area (Å²) in [7, 11) is 0. The van der Waals surface area contributed by atoms with E-state index in [0.717, 1.165) is 21.9 Å². The maximum absolute atomic E-state index is 11.9. The fraction of sp³-hybridized carbons (Fsp3) is 0.300. The summed E-state index contributed by atoms with van der Waals surface area (Å²) >= 11 is 1.53. The lowest BCUT2D eigenvalue weighted by Crippen LogP contribution is -1.82. The molecule has 3 nitrogen and oxygen atoms in total. The maximum atomic E-state index is 11.9. The Hall–Kier alpha value is -1.23. The monoisotopic (exact) mass is 225 g/mol. The number of halogens is 1. The summed E-state index contributed by atoms with van der Waals surface area (Å²) in [4.78, 5) is 7.50. The quantitative estimate of drug-likeness (QED) is 0.477. The van der Waals surface area contributed by atoms with Gasteiger partial charge in [0.25, 0.3) is 0 Å². The Balaban J connectivity index is 2.16. The normalized spacial score (nSPS) is 11.0. The molecular weight excluding hydrogens is 213 g/mol. The Morgan fingerprint density at radius 3 is 3.13 bits per heavy atom. The van der Waals surface area contributed by atoms with Gasteiger partial charge >= 0.3 is 0 Å². The van der Waals surface area contributed by atoms with Gasteiger partial charge in [-0.2, -0.15) is 0 Å². The second kappa shape index (κ2) is 4.53. The lowest BCUT2D eigenvalue weighted by atomic mass is 10.3. The standard InChI is InChI=1S/C10H12FN3S/c11-4-1-5-15-10-13-8-3-2-7(12)6-9(8)14-10/h2-3,6H,1,4-5,12H2,(H,13,14). The highest BCUT2D eigenvalue weighted by Gasteiger charge is 2.02. The van der Waals surface area contributed by atoms with Crippen molar-refractivity contribution in [1.29, 1.82) is 0 Å². The first-order valence-corrected chi connectivity index (χ1v) is 5.72. The summed E-state index contributed by atoms with van der Waals surface area (Å²) in [6.07, 6.45) is 0.559. The predicted octanol–water partition coefficient (Wildman–Crippen LogP) is 2.60. The van der Waals surface area contributed by atoms with Crippen molar-refractivity contribution in [3.8, 4) is 0 Å². The molecule has 0 aliphatic rings. The summed E-state index contributed by atoms with van der Waals surface area (Å²) in [6, 6.07) is 5.54. The van der Waals surface area contributed by atoms with Gasteiger partial charge in [-0.3, -0.25) is 4.39 Å². The number of nitrogens with two attached hydrogens (primary N) is 1. The van der Waals surface area contributed by atoms with Crippen LogP contribution in [-0.4, -0.2) is 22.4 Å². The van der Waals surface area contributed by atoms with Crippen LogP contribution in [0.2, 0.25) is 0 Å². The summed E-state index contributed by atoms with van der Waals surface area (Å²) < 4.78 is 11.9. The minimum atomic E-state index is -0.278. The molecule has 1 aromatic heterocycles. The van der Waals surface area contributed by atoms with Gasteiger partial charge in [-0.25, -0.2) is 4.98 Å². The number of fused-ring (bicyclic) bond motifs is 1. The van der Waals surface area contributed by atoms with Crippen molar-refractivity contribution in [3.05, 3.63) is 18.2 Å². The van der Waals surface area contributed by atoms with E-state index in [4.69, 9.17) is 5.73 Å². The molecule has 0 saturated carbocycles. The average molecular weight is 225 g/mol. The molecule has 2 rings (SSSR count). The van der Waals surface area contributed by atoms with E-state index in [1.54, 1.807) is 0 Å². The van der Waals surface area contributed by atoms with Gasteiger partial charge in [-0.15, -0.1) is 0 Å². The summed E-state index contributed by atoms with van der Waals surface area (Å²) in [6.45, 7) is -0.278. The molecule has 0 fully saturated rings. The van der Waals surface area contributed by atoms with Crippen LogP contribution >= 0.6 is 11.8 Å². The van der Waals surface area contributed by atoms with Gasteiger partial charge < -0.3 is 10.7 Å². The van der Waals surface area contributed by atoms with Crippen molar-refractivity contribution in [2.75, 3.05) is 18.2 Å². The number of nitrogens with zero attached hydrogens (tertiary/aromatic N) is 1. The van der Waals surface area contributed by atoms with E-state index in [1.807, 2.05) is 18.2 Å². The number of aromatic amines is 1. The largest absolute Gasteiger partial charge is 0.399 e. The Morgan fingerprint density at radius 1 is 1.47 bits per heavy atom. The number of aromatic nitrogens is 2. The van der Waals surface area contributed by atoms with E-state index in [1.165, 1.54) is 11.8 Å². The molecule has 0 bridgehead atoms. The van der Waals surface area contributed by atoms with Crippen LogP contribution in [0.4, 0.5) is 10.1 Å². The Bertz CT molecular complexity index is 455. The number of thioether (sulfide) groups is 1. The molecule has 5 heteroatoms. The van der Waals surface area contributed by atoms with Crippen molar-refractivity contribution in [2.45, 2.75) is 11.6 Å². The third-order valence-electron chi connectivity index (χ3n) is 2.00. The van der Waals surface area contributed by atoms with Crippen LogP contribution in [0.15, 0.2) is 23.4 Å². The first kappa shape index (κ1) is 10.3. The molecule has 0 amide bonds. The summed E-state index contributed by atoms with van der Waals surface area (Å²) in [5, 5.41) is 0.823. The topological polar surface area (TPSA) is 54.7 Å². The van der Waals surface area contributed by atoms with Gasteiger partial charge in [0.2, 0.25) is 0 Å². The number of nitrogens with one attached hydrogen (secondary N) is 1.